The summed E-state index contributed by atoms with van der Waals surface area (Å²) in [5, 5.41) is 0. The molecule has 0 heterocycles. The number of halogens is 3. The van der Waals surface area contributed by atoms with Crippen molar-refractivity contribution in [2.24, 2.45) is 5.73 Å². The Kier molecular flexibility index (Phi) is 3.53. The van der Waals surface area contributed by atoms with Gasteiger partial charge in [0.05, 0.1) is 0 Å². The molecule has 0 amide bonds. The molecule has 0 aliphatic heterocycles. The van der Waals surface area contributed by atoms with Crippen LogP contribution in [-0.2, 0) is 6.54 Å². The van der Waals surface area contributed by atoms with Crippen molar-refractivity contribution in [1.29, 1.82) is 0 Å². The maximum absolute atomic E-state index is 13.0. The lowest BCUT2D eigenvalue weighted by Gasteiger charge is -2.10. The van der Waals surface area contributed by atoms with Crippen molar-refractivity contribution in [3.63, 3.8) is 0 Å². The lowest BCUT2D eigenvalue weighted by molar-refractivity contribution is 0.456. The first-order valence-electron chi connectivity index (χ1n) is 5.21. The Bertz CT molecular complexity index is 572. The minimum atomic E-state index is -1.01. The Balaban J connectivity index is 2.30. The number of hydrogen-bond acceptors (Lipinski definition) is 2. The summed E-state index contributed by atoms with van der Waals surface area (Å²) in [6.07, 6.45) is 0. The van der Waals surface area contributed by atoms with Crippen LogP contribution in [0.2, 0.25) is 0 Å². The van der Waals surface area contributed by atoms with Gasteiger partial charge in [-0.05, 0) is 30.3 Å². The number of ether oxygens (including phenoxy) is 1. The maximum Gasteiger partial charge on any atom is 0.162 e. The monoisotopic (exact) mass is 253 g/mol. The molecule has 0 aliphatic rings. The Morgan fingerprint density at radius 1 is 0.944 bits per heavy atom. The van der Waals surface area contributed by atoms with Crippen LogP contribution in [0.25, 0.3) is 0 Å². The van der Waals surface area contributed by atoms with Crippen molar-refractivity contribution in [3.05, 3.63) is 59.4 Å². The van der Waals surface area contributed by atoms with Crippen LogP contribution < -0.4 is 10.5 Å². The van der Waals surface area contributed by atoms with Crippen LogP contribution >= 0.6 is 0 Å². The molecule has 94 valence electrons. The molecule has 5 heteroatoms. The van der Waals surface area contributed by atoms with Crippen molar-refractivity contribution in [2.75, 3.05) is 0 Å². The van der Waals surface area contributed by atoms with Crippen LogP contribution in [0.3, 0.4) is 0 Å². The Labute approximate surface area is 102 Å². The van der Waals surface area contributed by atoms with E-state index in [0.29, 0.717) is 11.3 Å². The highest BCUT2D eigenvalue weighted by atomic mass is 19.2. The van der Waals surface area contributed by atoms with Crippen molar-refractivity contribution >= 4 is 0 Å². The highest BCUT2D eigenvalue weighted by molar-refractivity contribution is 5.38. The Morgan fingerprint density at radius 3 is 2.39 bits per heavy atom. The van der Waals surface area contributed by atoms with Crippen molar-refractivity contribution in [3.8, 4) is 11.5 Å². The number of benzene rings is 2. The first-order chi connectivity index (χ1) is 8.60. The SMILES string of the molecule is NCc1cc(F)ccc1Oc1ccc(F)c(F)c1. The molecule has 0 saturated heterocycles. The van der Waals surface area contributed by atoms with Crippen molar-refractivity contribution in [1.82, 2.24) is 0 Å². The summed E-state index contributed by atoms with van der Waals surface area (Å²) in [5.41, 5.74) is 5.89. The van der Waals surface area contributed by atoms with Gasteiger partial charge in [0, 0.05) is 18.2 Å². The molecule has 2 aromatic carbocycles. The van der Waals surface area contributed by atoms with E-state index in [1.54, 1.807) is 0 Å². The van der Waals surface area contributed by atoms with Gasteiger partial charge in [-0.1, -0.05) is 0 Å². The summed E-state index contributed by atoms with van der Waals surface area (Å²) >= 11 is 0. The molecule has 0 radical (unpaired) electrons. The molecule has 2 rings (SSSR count). The third kappa shape index (κ3) is 2.62. The first-order valence-corrected chi connectivity index (χ1v) is 5.21. The Morgan fingerprint density at radius 2 is 1.72 bits per heavy atom. The molecule has 2 nitrogen and oxygen atoms in total. The summed E-state index contributed by atoms with van der Waals surface area (Å²) in [5.74, 6) is -1.97. The van der Waals surface area contributed by atoms with Crippen molar-refractivity contribution < 1.29 is 17.9 Å². The smallest absolute Gasteiger partial charge is 0.162 e. The molecule has 0 aromatic heterocycles. The van der Waals surface area contributed by atoms with E-state index in [1.807, 2.05) is 0 Å². The van der Waals surface area contributed by atoms with E-state index in [9.17, 15) is 13.2 Å². The zero-order chi connectivity index (χ0) is 13.1. The summed E-state index contributed by atoms with van der Waals surface area (Å²) < 4.78 is 44.0. The average Bonchev–Trinajstić information content (AvgIpc) is 2.36. The average molecular weight is 253 g/mol. The zero-order valence-electron chi connectivity index (χ0n) is 9.29. The fourth-order valence-corrected chi connectivity index (χ4v) is 1.47. The molecular formula is C13H10F3NO. The molecule has 0 aliphatic carbocycles. The minimum absolute atomic E-state index is 0.0801. The molecule has 0 saturated carbocycles. The predicted octanol–water partition coefficient (Wildman–Crippen LogP) is 3.35. The second kappa shape index (κ2) is 5.10. The molecule has 2 aromatic rings. The summed E-state index contributed by atoms with van der Waals surface area (Å²) in [6, 6.07) is 6.97. The molecular weight excluding hydrogens is 243 g/mol. The molecule has 2 N–H and O–H groups in total. The van der Waals surface area contributed by atoms with E-state index in [2.05, 4.69) is 0 Å². The van der Waals surface area contributed by atoms with E-state index in [1.165, 1.54) is 24.3 Å². The molecule has 0 unspecified atom stereocenters. The van der Waals surface area contributed by atoms with Gasteiger partial charge in [-0.3, -0.25) is 0 Å². The highest BCUT2D eigenvalue weighted by Crippen LogP contribution is 2.26. The molecule has 0 atom stereocenters. The number of hydrogen-bond donors (Lipinski definition) is 1. The third-order valence-electron chi connectivity index (χ3n) is 2.36. The van der Waals surface area contributed by atoms with Crippen LogP contribution in [0.15, 0.2) is 36.4 Å². The van der Waals surface area contributed by atoms with Crippen LogP contribution in [0.4, 0.5) is 13.2 Å². The van der Waals surface area contributed by atoms with Crippen LogP contribution in [0, 0.1) is 17.5 Å². The molecule has 0 fully saturated rings. The highest BCUT2D eigenvalue weighted by Gasteiger charge is 2.08. The van der Waals surface area contributed by atoms with Gasteiger partial charge >= 0.3 is 0 Å². The second-order valence-electron chi connectivity index (χ2n) is 3.63. The lowest BCUT2D eigenvalue weighted by Crippen LogP contribution is -2.00. The topological polar surface area (TPSA) is 35.2 Å². The summed E-state index contributed by atoms with van der Waals surface area (Å²) in [7, 11) is 0. The minimum Gasteiger partial charge on any atom is -0.457 e. The number of nitrogens with two attached hydrogens (primary N) is 1. The quantitative estimate of drug-likeness (QED) is 0.910. The largest absolute Gasteiger partial charge is 0.457 e. The van der Waals surface area contributed by atoms with Gasteiger partial charge in [0.1, 0.15) is 17.3 Å². The van der Waals surface area contributed by atoms with Crippen LogP contribution in [-0.4, -0.2) is 0 Å². The lowest BCUT2D eigenvalue weighted by atomic mass is 10.2. The van der Waals surface area contributed by atoms with E-state index in [4.69, 9.17) is 10.5 Å². The van der Waals surface area contributed by atoms with Crippen molar-refractivity contribution in [2.45, 2.75) is 6.54 Å². The van der Waals surface area contributed by atoms with E-state index in [-0.39, 0.29) is 12.3 Å². The van der Waals surface area contributed by atoms with E-state index >= 15 is 0 Å². The van der Waals surface area contributed by atoms with Crippen LogP contribution in [0.5, 0.6) is 11.5 Å². The van der Waals surface area contributed by atoms with Gasteiger partial charge in [0.2, 0.25) is 0 Å². The fraction of sp³-hybridized carbons (Fsp3) is 0.0769. The zero-order valence-corrected chi connectivity index (χ0v) is 9.29. The maximum atomic E-state index is 13.0. The van der Waals surface area contributed by atoms with Gasteiger partial charge in [0.15, 0.2) is 11.6 Å². The van der Waals surface area contributed by atoms with E-state index in [0.717, 1.165) is 12.1 Å². The fourth-order valence-electron chi connectivity index (χ4n) is 1.47. The van der Waals surface area contributed by atoms with Gasteiger partial charge in [0.25, 0.3) is 0 Å². The second-order valence-corrected chi connectivity index (χ2v) is 3.63. The Hall–Kier alpha value is -2.01. The standard InChI is InChI=1S/C13H10F3NO/c14-9-1-4-13(8(5-9)7-17)18-10-2-3-11(15)12(16)6-10/h1-6H,7,17H2. The first kappa shape index (κ1) is 12.4. The van der Waals surface area contributed by atoms with Gasteiger partial charge in [-0.25, -0.2) is 13.2 Å². The van der Waals surface area contributed by atoms with E-state index < -0.39 is 17.5 Å². The van der Waals surface area contributed by atoms with Gasteiger partial charge in [-0.2, -0.15) is 0 Å². The molecule has 18 heavy (non-hydrogen) atoms. The van der Waals surface area contributed by atoms with Gasteiger partial charge < -0.3 is 10.5 Å². The summed E-state index contributed by atoms with van der Waals surface area (Å²) in [6.45, 7) is 0.0801. The molecule has 0 bridgehead atoms. The summed E-state index contributed by atoms with van der Waals surface area (Å²) in [4.78, 5) is 0. The van der Waals surface area contributed by atoms with Crippen LogP contribution in [0.1, 0.15) is 5.56 Å². The predicted molar refractivity (Wildman–Crippen MR) is 60.7 cm³/mol. The normalized spacial score (nSPS) is 10.4. The molecule has 0 spiro atoms. The van der Waals surface area contributed by atoms with Gasteiger partial charge in [-0.15, -0.1) is 0 Å². The number of rotatable bonds is 3. The third-order valence-corrected chi connectivity index (χ3v) is 2.36.